The summed E-state index contributed by atoms with van der Waals surface area (Å²) in [5, 5.41) is 1.92. The van der Waals surface area contributed by atoms with Crippen molar-refractivity contribution in [3.63, 3.8) is 0 Å². The predicted octanol–water partition coefficient (Wildman–Crippen LogP) is 0.642. The van der Waals surface area contributed by atoms with Gasteiger partial charge in [-0.15, -0.1) is 0 Å². The fourth-order valence-corrected chi connectivity index (χ4v) is 1.17. The predicted molar refractivity (Wildman–Crippen MR) is 36.8 cm³/mol. The van der Waals surface area contributed by atoms with E-state index >= 15 is 0 Å². The molecule has 2 amide bonds. The normalized spacial score (nSPS) is 25.1. The summed E-state index contributed by atoms with van der Waals surface area (Å²) in [5.74, 6) is -2.12. The molecular weight excluding hydrogens is 187 g/mol. The summed E-state index contributed by atoms with van der Waals surface area (Å²) in [7, 11) is 0. The molecule has 1 heterocycles. The Morgan fingerprint density at radius 2 is 2.00 bits per heavy atom. The van der Waals surface area contributed by atoms with Gasteiger partial charge >= 0.3 is 0 Å². The van der Waals surface area contributed by atoms with Gasteiger partial charge in [-0.3, -0.25) is 14.9 Å². The van der Waals surface area contributed by atoms with Crippen LogP contribution in [-0.4, -0.2) is 24.4 Å². The van der Waals surface area contributed by atoms with Crippen LogP contribution in [0.25, 0.3) is 0 Å². The monoisotopic (exact) mass is 195 g/mol. The van der Waals surface area contributed by atoms with Gasteiger partial charge in [-0.1, -0.05) is 0 Å². The van der Waals surface area contributed by atoms with Crippen LogP contribution in [0, 0.1) is 5.92 Å². The third-order valence-corrected chi connectivity index (χ3v) is 1.85. The Balaban J connectivity index is 2.46. The molecule has 0 bridgehead atoms. The van der Waals surface area contributed by atoms with Crippen LogP contribution < -0.4 is 5.32 Å². The molecule has 13 heavy (non-hydrogen) atoms. The van der Waals surface area contributed by atoms with Crippen LogP contribution in [0.4, 0.5) is 13.2 Å². The van der Waals surface area contributed by atoms with E-state index in [0.717, 1.165) is 0 Å². The molecule has 1 fully saturated rings. The van der Waals surface area contributed by atoms with Crippen LogP contribution in [0.3, 0.4) is 0 Å². The van der Waals surface area contributed by atoms with Crippen molar-refractivity contribution in [3.8, 4) is 0 Å². The highest BCUT2D eigenvalue weighted by molar-refractivity contribution is 6.03. The molecule has 0 spiro atoms. The lowest BCUT2D eigenvalue weighted by atomic mass is 10.0. The van der Waals surface area contributed by atoms with E-state index in [0.29, 0.717) is 0 Å². The van der Waals surface area contributed by atoms with Crippen LogP contribution in [0.5, 0.6) is 0 Å². The van der Waals surface area contributed by atoms with E-state index < -0.39 is 36.8 Å². The third kappa shape index (κ3) is 2.43. The number of amides is 2. The standard InChI is InChI=1S/C7H8F3NO2/c8-4(6(9)10)1-3-2-5(12)11-7(3)13/h3-4,6H,1-2H2,(H,11,12,13). The quantitative estimate of drug-likeness (QED) is 0.672. The molecule has 2 atom stereocenters. The molecule has 6 heteroatoms. The molecular formula is C7H8F3NO2. The van der Waals surface area contributed by atoms with Crippen molar-refractivity contribution >= 4 is 11.8 Å². The van der Waals surface area contributed by atoms with Gasteiger partial charge in [0.2, 0.25) is 11.8 Å². The average Bonchev–Trinajstić information content (AvgIpc) is 2.30. The molecule has 2 unspecified atom stereocenters. The highest BCUT2D eigenvalue weighted by Crippen LogP contribution is 2.21. The maximum atomic E-state index is 12.4. The second-order valence-corrected chi connectivity index (χ2v) is 2.90. The number of hydrogen-bond acceptors (Lipinski definition) is 2. The maximum Gasteiger partial charge on any atom is 0.269 e. The molecule has 0 aromatic heterocycles. The lowest BCUT2D eigenvalue weighted by Gasteiger charge is -2.09. The highest BCUT2D eigenvalue weighted by Gasteiger charge is 2.34. The van der Waals surface area contributed by atoms with Crippen LogP contribution in [0.15, 0.2) is 0 Å². The summed E-state index contributed by atoms with van der Waals surface area (Å²) in [6.07, 6.45) is -6.20. The third-order valence-electron chi connectivity index (χ3n) is 1.85. The molecule has 1 saturated heterocycles. The molecule has 1 rings (SSSR count). The minimum atomic E-state index is -3.09. The van der Waals surface area contributed by atoms with Gasteiger partial charge in [0.1, 0.15) is 0 Å². The molecule has 3 nitrogen and oxygen atoms in total. The summed E-state index contributed by atoms with van der Waals surface area (Å²) in [5.41, 5.74) is 0. The highest BCUT2D eigenvalue weighted by atomic mass is 19.3. The molecule has 0 saturated carbocycles. The van der Waals surface area contributed by atoms with Crippen molar-refractivity contribution in [3.05, 3.63) is 0 Å². The Kier molecular flexibility index (Phi) is 2.90. The number of nitrogens with one attached hydrogen (secondary N) is 1. The van der Waals surface area contributed by atoms with Gasteiger partial charge in [-0.2, -0.15) is 0 Å². The molecule has 1 aliphatic rings. The van der Waals surface area contributed by atoms with E-state index in [2.05, 4.69) is 0 Å². The zero-order valence-electron chi connectivity index (χ0n) is 6.60. The fraction of sp³-hybridized carbons (Fsp3) is 0.714. The number of halogens is 3. The average molecular weight is 195 g/mol. The van der Waals surface area contributed by atoms with Gasteiger partial charge in [0.05, 0.1) is 5.92 Å². The lowest BCUT2D eigenvalue weighted by Crippen LogP contribution is -2.25. The first-order chi connectivity index (χ1) is 6.00. The zero-order valence-corrected chi connectivity index (χ0v) is 6.60. The minimum absolute atomic E-state index is 0.189. The molecule has 0 aromatic rings. The number of alkyl halides is 3. The molecule has 0 aliphatic carbocycles. The Labute approximate surface area is 72.3 Å². The summed E-state index contributed by atoms with van der Waals surface area (Å²) in [6.45, 7) is 0. The minimum Gasteiger partial charge on any atom is -0.296 e. The molecule has 1 N–H and O–H groups in total. The van der Waals surface area contributed by atoms with Crippen molar-refractivity contribution in [1.82, 2.24) is 5.32 Å². The van der Waals surface area contributed by atoms with E-state index in [4.69, 9.17) is 0 Å². The number of imide groups is 1. The van der Waals surface area contributed by atoms with Gasteiger partial charge < -0.3 is 0 Å². The zero-order chi connectivity index (χ0) is 10.0. The maximum absolute atomic E-state index is 12.4. The molecule has 0 radical (unpaired) electrons. The number of carbonyl (C=O) groups is 2. The Morgan fingerprint density at radius 3 is 2.38 bits per heavy atom. The molecule has 74 valence electrons. The van der Waals surface area contributed by atoms with Gasteiger partial charge in [0, 0.05) is 6.42 Å². The Morgan fingerprint density at radius 1 is 1.38 bits per heavy atom. The SMILES string of the molecule is O=C1CC(CC(F)C(F)F)C(=O)N1. The number of rotatable bonds is 3. The summed E-state index contributed by atoms with van der Waals surface area (Å²) < 4.78 is 35.9. The van der Waals surface area contributed by atoms with E-state index in [-0.39, 0.29) is 6.42 Å². The van der Waals surface area contributed by atoms with Crippen LogP contribution in [0.1, 0.15) is 12.8 Å². The Hall–Kier alpha value is -1.07. The fourth-order valence-electron chi connectivity index (χ4n) is 1.17. The second kappa shape index (κ2) is 3.76. The lowest BCUT2D eigenvalue weighted by molar-refractivity contribution is -0.126. The first-order valence-corrected chi connectivity index (χ1v) is 3.76. The first-order valence-electron chi connectivity index (χ1n) is 3.76. The largest absolute Gasteiger partial charge is 0.296 e. The van der Waals surface area contributed by atoms with Crippen LogP contribution >= 0.6 is 0 Å². The van der Waals surface area contributed by atoms with E-state index in [1.165, 1.54) is 0 Å². The molecule has 1 aliphatic heterocycles. The summed E-state index contributed by atoms with van der Waals surface area (Å²) in [6, 6.07) is 0. The molecule has 0 aromatic carbocycles. The van der Waals surface area contributed by atoms with Crippen molar-refractivity contribution in [2.24, 2.45) is 5.92 Å². The number of carbonyl (C=O) groups excluding carboxylic acids is 2. The van der Waals surface area contributed by atoms with Crippen LogP contribution in [-0.2, 0) is 9.59 Å². The van der Waals surface area contributed by atoms with Crippen LogP contribution in [0.2, 0.25) is 0 Å². The van der Waals surface area contributed by atoms with Crippen molar-refractivity contribution in [2.75, 3.05) is 0 Å². The summed E-state index contributed by atoms with van der Waals surface area (Å²) in [4.78, 5) is 21.4. The van der Waals surface area contributed by atoms with Gasteiger partial charge in [0.15, 0.2) is 6.17 Å². The van der Waals surface area contributed by atoms with E-state index in [1.54, 1.807) is 0 Å². The summed E-state index contributed by atoms with van der Waals surface area (Å²) >= 11 is 0. The van der Waals surface area contributed by atoms with Gasteiger partial charge in [0.25, 0.3) is 6.43 Å². The Bertz CT molecular complexity index is 232. The van der Waals surface area contributed by atoms with Gasteiger partial charge in [-0.25, -0.2) is 13.2 Å². The smallest absolute Gasteiger partial charge is 0.269 e. The van der Waals surface area contributed by atoms with Crippen molar-refractivity contribution in [1.29, 1.82) is 0 Å². The number of hydrogen-bond donors (Lipinski definition) is 1. The van der Waals surface area contributed by atoms with E-state index in [1.807, 2.05) is 5.32 Å². The first kappa shape index (κ1) is 10.0. The second-order valence-electron chi connectivity index (χ2n) is 2.90. The topological polar surface area (TPSA) is 46.2 Å². The van der Waals surface area contributed by atoms with E-state index in [9.17, 15) is 22.8 Å². The van der Waals surface area contributed by atoms with Crippen molar-refractivity contribution < 1.29 is 22.8 Å². The van der Waals surface area contributed by atoms with Gasteiger partial charge in [-0.05, 0) is 6.42 Å². The van der Waals surface area contributed by atoms with Crippen molar-refractivity contribution in [2.45, 2.75) is 25.4 Å².